The second-order valence-electron chi connectivity index (χ2n) is 6.04. The van der Waals surface area contributed by atoms with Gasteiger partial charge < -0.3 is 15.7 Å². The fourth-order valence-corrected chi connectivity index (χ4v) is 2.89. The second-order valence-corrected chi connectivity index (χ2v) is 6.04. The summed E-state index contributed by atoms with van der Waals surface area (Å²) >= 11 is 0. The first-order valence-corrected chi connectivity index (χ1v) is 7.10. The summed E-state index contributed by atoms with van der Waals surface area (Å²) in [7, 11) is 0. The number of aliphatic hydroxyl groups is 1. The number of carbonyl (C=O) groups is 1. The molecule has 0 aromatic carbocycles. The third-order valence-electron chi connectivity index (χ3n) is 3.99. The van der Waals surface area contributed by atoms with E-state index in [4.69, 9.17) is 5.73 Å². The predicted octanol–water partition coefficient (Wildman–Crippen LogP) is 1.23. The van der Waals surface area contributed by atoms with Gasteiger partial charge in [0.1, 0.15) is 0 Å². The second kappa shape index (κ2) is 7.10. The quantitative estimate of drug-likeness (QED) is 0.751. The Balaban J connectivity index is 2.53. The van der Waals surface area contributed by atoms with E-state index in [1.807, 2.05) is 4.90 Å². The summed E-state index contributed by atoms with van der Waals surface area (Å²) < 4.78 is 0. The molecule has 106 valence electrons. The molecule has 1 heterocycles. The van der Waals surface area contributed by atoms with Gasteiger partial charge in [0, 0.05) is 13.0 Å². The average Bonchev–Trinajstić information content (AvgIpc) is 2.68. The molecule has 3 N–H and O–H groups in total. The zero-order valence-electron chi connectivity index (χ0n) is 11.9. The minimum atomic E-state index is 0.00924. The molecular formula is C14H28N2O2. The molecule has 1 saturated heterocycles. The highest BCUT2D eigenvalue weighted by molar-refractivity contribution is 5.77. The standard InChI is InChI=1S/C14H28N2O2/c1-10(2)6-12(8-15)7-14(18)16-5-4-11(3)13(16)9-17/h10-13,17H,4-9,15H2,1-3H3/t11?,12-,13?/m0/s1. The lowest BCUT2D eigenvalue weighted by Gasteiger charge is -2.27. The number of hydrogen-bond donors (Lipinski definition) is 2. The maximum absolute atomic E-state index is 12.3. The van der Waals surface area contributed by atoms with Crippen molar-refractivity contribution in [3.8, 4) is 0 Å². The Bertz CT molecular complexity index is 269. The Labute approximate surface area is 111 Å². The largest absolute Gasteiger partial charge is 0.394 e. The monoisotopic (exact) mass is 256 g/mol. The molecule has 3 atom stereocenters. The average molecular weight is 256 g/mol. The van der Waals surface area contributed by atoms with Crippen molar-refractivity contribution in [2.45, 2.75) is 46.1 Å². The molecular weight excluding hydrogens is 228 g/mol. The van der Waals surface area contributed by atoms with Crippen LogP contribution in [-0.4, -0.2) is 41.7 Å². The first-order valence-electron chi connectivity index (χ1n) is 7.10. The van der Waals surface area contributed by atoms with Crippen molar-refractivity contribution in [3.63, 3.8) is 0 Å². The Kier molecular flexibility index (Phi) is 6.09. The van der Waals surface area contributed by atoms with Crippen LogP contribution in [0.2, 0.25) is 0 Å². The normalized spacial score (nSPS) is 25.8. The maximum Gasteiger partial charge on any atom is 0.223 e. The minimum absolute atomic E-state index is 0.00924. The van der Waals surface area contributed by atoms with Crippen LogP contribution in [0.25, 0.3) is 0 Å². The van der Waals surface area contributed by atoms with Crippen molar-refractivity contribution in [1.82, 2.24) is 4.90 Å². The van der Waals surface area contributed by atoms with Gasteiger partial charge in [-0.2, -0.15) is 0 Å². The molecule has 0 radical (unpaired) electrons. The van der Waals surface area contributed by atoms with Gasteiger partial charge in [0.15, 0.2) is 0 Å². The Morgan fingerprint density at radius 2 is 2.17 bits per heavy atom. The van der Waals surface area contributed by atoms with Crippen molar-refractivity contribution >= 4 is 5.91 Å². The number of nitrogens with zero attached hydrogens (tertiary/aromatic N) is 1. The van der Waals surface area contributed by atoms with E-state index in [9.17, 15) is 9.90 Å². The van der Waals surface area contributed by atoms with Crippen LogP contribution in [0.5, 0.6) is 0 Å². The maximum atomic E-state index is 12.3. The topological polar surface area (TPSA) is 66.6 Å². The number of carbonyl (C=O) groups excluding carboxylic acids is 1. The van der Waals surface area contributed by atoms with Gasteiger partial charge >= 0.3 is 0 Å². The lowest BCUT2D eigenvalue weighted by atomic mass is 9.93. The Hall–Kier alpha value is -0.610. The van der Waals surface area contributed by atoms with E-state index in [1.165, 1.54) is 0 Å². The number of aliphatic hydroxyl groups excluding tert-OH is 1. The van der Waals surface area contributed by atoms with Gasteiger partial charge in [-0.05, 0) is 37.1 Å². The van der Waals surface area contributed by atoms with Gasteiger partial charge in [0.25, 0.3) is 0 Å². The van der Waals surface area contributed by atoms with E-state index in [1.54, 1.807) is 0 Å². The first kappa shape index (κ1) is 15.4. The van der Waals surface area contributed by atoms with Crippen molar-refractivity contribution in [2.75, 3.05) is 19.7 Å². The molecule has 0 aromatic rings. The van der Waals surface area contributed by atoms with Gasteiger partial charge in [-0.1, -0.05) is 20.8 Å². The third-order valence-corrected chi connectivity index (χ3v) is 3.99. The molecule has 4 heteroatoms. The van der Waals surface area contributed by atoms with Crippen LogP contribution < -0.4 is 5.73 Å². The van der Waals surface area contributed by atoms with Crippen LogP contribution >= 0.6 is 0 Å². The Morgan fingerprint density at radius 1 is 1.50 bits per heavy atom. The molecule has 0 aromatic heterocycles. The van der Waals surface area contributed by atoms with E-state index >= 15 is 0 Å². The number of amides is 1. The molecule has 0 aliphatic carbocycles. The van der Waals surface area contributed by atoms with Crippen LogP contribution in [0, 0.1) is 17.8 Å². The summed E-state index contributed by atoms with van der Waals surface area (Å²) in [5.74, 6) is 1.40. The predicted molar refractivity (Wildman–Crippen MR) is 73.0 cm³/mol. The molecule has 1 amide bonds. The van der Waals surface area contributed by atoms with Gasteiger partial charge in [-0.3, -0.25) is 4.79 Å². The smallest absolute Gasteiger partial charge is 0.223 e. The minimum Gasteiger partial charge on any atom is -0.394 e. The van der Waals surface area contributed by atoms with Gasteiger partial charge in [0.2, 0.25) is 5.91 Å². The molecule has 2 unspecified atom stereocenters. The fourth-order valence-electron chi connectivity index (χ4n) is 2.89. The van der Waals surface area contributed by atoms with E-state index < -0.39 is 0 Å². The summed E-state index contributed by atoms with van der Waals surface area (Å²) in [6.07, 6.45) is 2.52. The number of likely N-dealkylation sites (tertiary alicyclic amines) is 1. The summed E-state index contributed by atoms with van der Waals surface area (Å²) in [4.78, 5) is 14.1. The molecule has 1 aliphatic rings. The summed E-state index contributed by atoms with van der Waals surface area (Å²) in [6, 6.07) is 0.00924. The molecule has 0 spiro atoms. The lowest BCUT2D eigenvalue weighted by Crippen LogP contribution is -2.41. The van der Waals surface area contributed by atoms with E-state index in [-0.39, 0.29) is 24.5 Å². The van der Waals surface area contributed by atoms with Crippen LogP contribution in [0.4, 0.5) is 0 Å². The molecule has 1 fully saturated rings. The molecule has 18 heavy (non-hydrogen) atoms. The highest BCUT2D eigenvalue weighted by atomic mass is 16.3. The van der Waals surface area contributed by atoms with Crippen LogP contribution in [0.3, 0.4) is 0 Å². The number of hydrogen-bond acceptors (Lipinski definition) is 3. The van der Waals surface area contributed by atoms with Crippen molar-refractivity contribution < 1.29 is 9.90 Å². The molecule has 0 saturated carbocycles. The van der Waals surface area contributed by atoms with Gasteiger partial charge in [-0.25, -0.2) is 0 Å². The first-order chi connectivity index (χ1) is 8.49. The molecule has 1 aliphatic heterocycles. The van der Waals surface area contributed by atoms with E-state index in [0.29, 0.717) is 24.8 Å². The van der Waals surface area contributed by atoms with E-state index in [0.717, 1.165) is 19.4 Å². The van der Waals surface area contributed by atoms with Crippen molar-refractivity contribution in [2.24, 2.45) is 23.5 Å². The van der Waals surface area contributed by atoms with Crippen LogP contribution in [0.15, 0.2) is 0 Å². The van der Waals surface area contributed by atoms with Crippen molar-refractivity contribution in [1.29, 1.82) is 0 Å². The van der Waals surface area contributed by atoms with Crippen LogP contribution in [0.1, 0.15) is 40.0 Å². The lowest BCUT2D eigenvalue weighted by molar-refractivity contribution is -0.134. The molecule has 1 rings (SSSR count). The number of rotatable bonds is 6. The highest BCUT2D eigenvalue weighted by Gasteiger charge is 2.34. The highest BCUT2D eigenvalue weighted by Crippen LogP contribution is 2.25. The van der Waals surface area contributed by atoms with Crippen LogP contribution in [-0.2, 0) is 4.79 Å². The SMILES string of the molecule is CC(C)C[C@H](CN)CC(=O)N1CCC(C)C1CO. The zero-order valence-corrected chi connectivity index (χ0v) is 11.9. The van der Waals surface area contributed by atoms with Crippen molar-refractivity contribution in [3.05, 3.63) is 0 Å². The summed E-state index contributed by atoms with van der Waals surface area (Å²) in [5, 5.41) is 9.37. The number of nitrogens with two attached hydrogens (primary N) is 1. The zero-order chi connectivity index (χ0) is 13.7. The summed E-state index contributed by atoms with van der Waals surface area (Å²) in [5.41, 5.74) is 5.74. The van der Waals surface area contributed by atoms with Gasteiger partial charge in [0.05, 0.1) is 12.6 Å². The summed E-state index contributed by atoms with van der Waals surface area (Å²) in [6.45, 7) is 7.83. The van der Waals surface area contributed by atoms with Gasteiger partial charge in [-0.15, -0.1) is 0 Å². The Morgan fingerprint density at radius 3 is 2.67 bits per heavy atom. The fraction of sp³-hybridized carbons (Fsp3) is 0.929. The van der Waals surface area contributed by atoms with E-state index in [2.05, 4.69) is 20.8 Å². The third kappa shape index (κ3) is 3.95. The molecule has 0 bridgehead atoms. The molecule has 4 nitrogen and oxygen atoms in total.